The van der Waals surface area contributed by atoms with Crippen molar-refractivity contribution in [1.82, 2.24) is 4.90 Å². The van der Waals surface area contributed by atoms with E-state index in [1.54, 1.807) is 4.90 Å². The number of rotatable bonds is 4. The first-order valence-electron chi connectivity index (χ1n) is 8.95. The number of nitrogens with zero attached hydrogens (tertiary/aromatic N) is 1. The molecule has 2 aliphatic heterocycles. The van der Waals surface area contributed by atoms with Crippen molar-refractivity contribution in [3.63, 3.8) is 0 Å². The molecule has 3 rings (SSSR count). The second-order valence-corrected chi connectivity index (χ2v) is 6.74. The van der Waals surface area contributed by atoms with Gasteiger partial charge in [0.05, 0.1) is 37.6 Å². The first kappa shape index (κ1) is 19.8. The summed E-state index contributed by atoms with van der Waals surface area (Å²) in [6.45, 7) is 4.26. The van der Waals surface area contributed by atoms with Crippen LogP contribution in [0.5, 0.6) is 5.75 Å². The summed E-state index contributed by atoms with van der Waals surface area (Å²) in [5, 5.41) is 2.57. The van der Waals surface area contributed by atoms with E-state index in [4.69, 9.17) is 14.2 Å². The van der Waals surface area contributed by atoms with Crippen LogP contribution >= 0.6 is 0 Å². The van der Waals surface area contributed by atoms with Gasteiger partial charge in [-0.2, -0.15) is 13.2 Å². The lowest BCUT2D eigenvalue weighted by molar-refractivity contribution is -0.137. The predicted molar refractivity (Wildman–Crippen MR) is 91.9 cm³/mol. The van der Waals surface area contributed by atoms with E-state index >= 15 is 0 Å². The molecule has 0 saturated carbocycles. The van der Waals surface area contributed by atoms with Crippen molar-refractivity contribution in [3.8, 4) is 5.75 Å². The number of carbonyl (C=O) groups is 1. The normalized spacial score (nSPS) is 22.9. The number of ether oxygens (including phenoxy) is 3. The maximum Gasteiger partial charge on any atom is 0.416 e. The summed E-state index contributed by atoms with van der Waals surface area (Å²) < 4.78 is 55.8. The molecule has 0 radical (unpaired) electrons. The van der Waals surface area contributed by atoms with E-state index in [1.807, 2.05) is 6.92 Å². The van der Waals surface area contributed by atoms with E-state index in [0.717, 1.165) is 12.1 Å². The van der Waals surface area contributed by atoms with Gasteiger partial charge in [-0.3, -0.25) is 0 Å². The zero-order valence-corrected chi connectivity index (χ0v) is 15.1. The van der Waals surface area contributed by atoms with Gasteiger partial charge < -0.3 is 24.4 Å². The lowest BCUT2D eigenvalue weighted by atomic mass is 10.0. The summed E-state index contributed by atoms with van der Waals surface area (Å²) in [5.74, 6) is 0.213. The van der Waals surface area contributed by atoms with Crippen molar-refractivity contribution in [3.05, 3.63) is 23.8 Å². The summed E-state index contributed by atoms with van der Waals surface area (Å²) in [7, 11) is 0. The van der Waals surface area contributed by atoms with Crippen LogP contribution in [0.15, 0.2) is 18.2 Å². The van der Waals surface area contributed by atoms with Crippen LogP contribution in [0.4, 0.5) is 23.7 Å². The molecule has 1 aromatic carbocycles. The van der Waals surface area contributed by atoms with E-state index in [-0.39, 0.29) is 11.4 Å². The molecule has 27 heavy (non-hydrogen) atoms. The monoisotopic (exact) mass is 388 g/mol. The minimum atomic E-state index is -4.51. The van der Waals surface area contributed by atoms with Crippen molar-refractivity contribution < 1.29 is 32.2 Å². The number of anilines is 1. The number of amides is 2. The van der Waals surface area contributed by atoms with Crippen LogP contribution in [0.2, 0.25) is 0 Å². The maximum absolute atomic E-state index is 13.0. The lowest BCUT2D eigenvalue weighted by Crippen LogP contribution is -2.55. The van der Waals surface area contributed by atoms with Gasteiger partial charge in [0, 0.05) is 19.6 Å². The summed E-state index contributed by atoms with van der Waals surface area (Å²) in [6.07, 6.45) is -3.13. The van der Waals surface area contributed by atoms with Gasteiger partial charge in [-0.15, -0.1) is 0 Å². The molecule has 2 fully saturated rings. The fraction of sp³-hybridized carbons (Fsp3) is 0.611. The van der Waals surface area contributed by atoms with Crippen molar-refractivity contribution in [2.24, 2.45) is 0 Å². The average molecular weight is 388 g/mol. The Morgan fingerprint density at radius 1 is 1.37 bits per heavy atom. The molecule has 2 amide bonds. The third-order valence-corrected chi connectivity index (χ3v) is 4.61. The quantitative estimate of drug-likeness (QED) is 0.858. The van der Waals surface area contributed by atoms with E-state index in [2.05, 4.69) is 5.32 Å². The van der Waals surface area contributed by atoms with Crippen LogP contribution in [-0.4, -0.2) is 56.0 Å². The molecule has 1 aromatic rings. The highest BCUT2D eigenvalue weighted by molar-refractivity contribution is 5.91. The molecule has 2 aliphatic rings. The van der Waals surface area contributed by atoms with Gasteiger partial charge in [-0.05, 0) is 24.6 Å². The van der Waals surface area contributed by atoms with Gasteiger partial charge in [0.1, 0.15) is 11.4 Å². The van der Waals surface area contributed by atoms with Crippen LogP contribution in [-0.2, 0) is 15.7 Å². The summed E-state index contributed by atoms with van der Waals surface area (Å²) >= 11 is 0. The van der Waals surface area contributed by atoms with E-state index in [9.17, 15) is 18.0 Å². The van der Waals surface area contributed by atoms with Gasteiger partial charge in [0.15, 0.2) is 0 Å². The van der Waals surface area contributed by atoms with Gasteiger partial charge in [-0.1, -0.05) is 6.92 Å². The standard InChI is InChI=1S/C18H23F3N2O4/c1-2-7-26-15-4-3-13(18(19,20)21)10-14(15)22-16(24)23-6-9-27-17(11-23)5-8-25-12-17/h3-4,10H,2,5-9,11-12H2,1H3,(H,22,24)/t17-/m1/s1. The largest absolute Gasteiger partial charge is 0.491 e. The maximum atomic E-state index is 13.0. The Morgan fingerprint density at radius 2 is 2.19 bits per heavy atom. The number of hydrogen-bond acceptors (Lipinski definition) is 4. The van der Waals surface area contributed by atoms with E-state index in [0.29, 0.717) is 52.4 Å². The minimum absolute atomic E-state index is 0.00601. The topological polar surface area (TPSA) is 60.0 Å². The number of benzene rings is 1. The van der Waals surface area contributed by atoms with Crippen molar-refractivity contribution in [2.75, 3.05) is 44.8 Å². The molecule has 1 N–H and O–H groups in total. The molecule has 0 aromatic heterocycles. The highest BCUT2D eigenvalue weighted by atomic mass is 19.4. The molecular weight excluding hydrogens is 365 g/mol. The Hall–Kier alpha value is -2.00. The molecule has 1 spiro atoms. The van der Waals surface area contributed by atoms with Crippen molar-refractivity contribution in [2.45, 2.75) is 31.5 Å². The van der Waals surface area contributed by atoms with Gasteiger partial charge >= 0.3 is 12.2 Å². The molecule has 0 unspecified atom stereocenters. The lowest BCUT2D eigenvalue weighted by Gasteiger charge is -2.39. The van der Waals surface area contributed by atoms with Crippen LogP contribution in [0.3, 0.4) is 0 Å². The van der Waals surface area contributed by atoms with Crippen molar-refractivity contribution >= 4 is 11.7 Å². The predicted octanol–water partition coefficient (Wildman–Crippen LogP) is 3.52. The number of alkyl halides is 3. The van der Waals surface area contributed by atoms with Crippen molar-refractivity contribution in [1.29, 1.82) is 0 Å². The Morgan fingerprint density at radius 3 is 2.85 bits per heavy atom. The number of nitrogens with one attached hydrogen (secondary N) is 1. The highest BCUT2D eigenvalue weighted by Gasteiger charge is 2.42. The average Bonchev–Trinajstić information content (AvgIpc) is 3.07. The minimum Gasteiger partial charge on any atom is -0.491 e. The zero-order valence-electron chi connectivity index (χ0n) is 15.1. The molecular formula is C18H23F3N2O4. The molecule has 150 valence electrons. The molecule has 9 heteroatoms. The SMILES string of the molecule is CCCOc1ccc(C(F)(F)F)cc1NC(=O)N1CCO[C@]2(CCOC2)C1. The van der Waals surface area contributed by atoms with E-state index < -0.39 is 23.4 Å². The van der Waals surface area contributed by atoms with Crippen LogP contribution in [0, 0.1) is 0 Å². The first-order valence-corrected chi connectivity index (χ1v) is 8.95. The number of hydrogen-bond donors (Lipinski definition) is 1. The second-order valence-electron chi connectivity index (χ2n) is 6.74. The first-order chi connectivity index (χ1) is 12.8. The fourth-order valence-corrected chi connectivity index (χ4v) is 3.18. The second kappa shape index (κ2) is 7.93. The zero-order chi connectivity index (χ0) is 19.5. The van der Waals surface area contributed by atoms with Gasteiger partial charge in [-0.25, -0.2) is 4.79 Å². The number of urea groups is 1. The Balaban J connectivity index is 1.76. The number of halogens is 3. The van der Waals surface area contributed by atoms with E-state index in [1.165, 1.54) is 6.07 Å². The summed E-state index contributed by atoms with van der Waals surface area (Å²) in [6, 6.07) is 2.60. The van der Waals surface area contributed by atoms with Crippen LogP contribution in [0.1, 0.15) is 25.3 Å². The molecule has 1 atom stereocenters. The number of morpholine rings is 1. The molecule has 0 bridgehead atoms. The fourth-order valence-electron chi connectivity index (χ4n) is 3.18. The number of carbonyl (C=O) groups excluding carboxylic acids is 1. The smallest absolute Gasteiger partial charge is 0.416 e. The summed E-state index contributed by atoms with van der Waals surface area (Å²) in [4.78, 5) is 14.2. The summed E-state index contributed by atoms with van der Waals surface area (Å²) in [5.41, 5.74) is -1.36. The Labute approximate surface area is 155 Å². The Bertz CT molecular complexity index is 675. The molecule has 0 aliphatic carbocycles. The highest BCUT2D eigenvalue weighted by Crippen LogP contribution is 2.35. The molecule has 2 heterocycles. The van der Waals surface area contributed by atoms with Gasteiger partial charge in [0.25, 0.3) is 0 Å². The third-order valence-electron chi connectivity index (χ3n) is 4.61. The molecule has 6 nitrogen and oxygen atoms in total. The Kier molecular flexibility index (Phi) is 5.81. The van der Waals surface area contributed by atoms with Crippen LogP contribution < -0.4 is 10.1 Å². The molecule has 2 saturated heterocycles. The van der Waals surface area contributed by atoms with Crippen LogP contribution in [0.25, 0.3) is 0 Å². The van der Waals surface area contributed by atoms with Gasteiger partial charge in [0.2, 0.25) is 0 Å². The third kappa shape index (κ3) is 4.65.